The topological polar surface area (TPSA) is 38.8 Å². The van der Waals surface area contributed by atoms with Crippen molar-refractivity contribution >= 4 is 29.1 Å². The number of halogens is 2. The quantitative estimate of drug-likeness (QED) is 0.419. The lowest BCUT2D eigenvalue weighted by atomic mass is 9.79. The summed E-state index contributed by atoms with van der Waals surface area (Å²) in [5.41, 5.74) is 2.68. The van der Waals surface area contributed by atoms with E-state index in [0.717, 1.165) is 62.4 Å². The standard InChI is InChI=1S/C32H44Cl2N4O/c1-24(2)37-21-29(26-8-12-28(34)13-9-26)30(22-37)31(39)36-16-18-38(19-17-36)32(14-4-3-5-15-32)23-35-20-25-6-10-27(33)11-7-25/h6-13,24,29-30,35H,3-5,14-23H2,1-2H3/t29-,30+/m1/s1. The van der Waals surface area contributed by atoms with Gasteiger partial charge in [-0.1, -0.05) is 66.7 Å². The Balaban J connectivity index is 1.22. The van der Waals surface area contributed by atoms with Crippen molar-refractivity contribution in [2.75, 3.05) is 45.8 Å². The first-order chi connectivity index (χ1) is 18.8. The van der Waals surface area contributed by atoms with Crippen molar-refractivity contribution < 1.29 is 4.79 Å². The number of amides is 1. The van der Waals surface area contributed by atoms with Crippen LogP contribution in [0.15, 0.2) is 48.5 Å². The minimum Gasteiger partial charge on any atom is -0.340 e. The largest absolute Gasteiger partial charge is 0.340 e. The Bertz CT molecular complexity index is 1080. The van der Waals surface area contributed by atoms with Crippen LogP contribution in [0, 0.1) is 5.92 Å². The van der Waals surface area contributed by atoms with Gasteiger partial charge in [0.05, 0.1) is 5.92 Å². The summed E-state index contributed by atoms with van der Waals surface area (Å²) < 4.78 is 0. The minimum absolute atomic E-state index is 0.00445. The molecule has 0 aromatic heterocycles. The highest BCUT2D eigenvalue weighted by atomic mass is 35.5. The molecule has 2 atom stereocenters. The fraction of sp³-hybridized carbons (Fsp3) is 0.594. The number of benzene rings is 2. The number of nitrogens with zero attached hydrogens (tertiary/aromatic N) is 3. The molecule has 0 bridgehead atoms. The lowest BCUT2D eigenvalue weighted by Crippen LogP contribution is -2.62. The van der Waals surface area contributed by atoms with Crippen LogP contribution in [0.3, 0.4) is 0 Å². The molecule has 2 aromatic rings. The van der Waals surface area contributed by atoms with Gasteiger partial charge < -0.3 is 10.2 Å². The SMILES string of the molecule is CC(C)N1C[C@H](C(=O)N2CCN(C3(CNCc4ccc(Cl)cc4)CCCCC3)CC2)[C@@H](c2ccc(Cl)cc2)C1. The van der Waals surface area contributed by atoms with E-state index in [4.69, 9.17) is 23.2 Å². The van der Waals surface area contributed by atoms with Gasteiger partial charge in [0.1, 0.15) is 0 Å². The van der Waals surface area contributed by atoms with Crippen molar-refractivity contribution in [3.63, 3.8) is 0 Å². The third kappa shape index (κ3) is 6.82. The number of carbonyl (C=O) groups is 1. The van der Waals surface area contributed by atoms with Crippen LogP contribution >= 0.6 is 23.2 Å². The number of carbonyl (C=O) groups excluding carboxylic acids is 1. The van der Waals surface area contributed by atoms with Crippen molar-refractivity contribution in [2.24, 2.45) is 5.92 Å². The second kappa shape index (κ2) is 12.9. The minimum atomic E-state index is 0.00445. The highest BCUT2D eigenvalue weighted by Gasteiger charge is 2.43. The maximum Gasteiger partial charge on any atom is 0.227 e. The van der Waals surface area contributed by atoms with Crippen LogP contribution in [0.2, 0.25) is 10.0 Å². The molecule has 3 aliphatic rings. The van der Waals surface area contributed by atoms with Crippen molar-refractivity contribution in [3.8, 4) is 0 Å². The predicted octanol–water partition coefficient (Wildman–Crippen LogP) is 6.05. The molecule has 2 aliphatic heterocycles. The average Bonchev–Trinajstić information content (AvgIpc) is 3.41. The van der Waals surface area contributed by atoms with Crippen LogP contribution < -0.4 is 5.32 Å². The van der Waals surface area contributed by atoms with E-state index in [9.17, 15) is 4.79 Å². The molecule has 2 heterocycles. The molecule has 5 rings (SSSR count). The second-order valence-electron chi connectivity index (χ2n) is 12.1. The summed E-state index contributed by atoms with van der Waals surface area (Å²) in [6, 6.07) is 16.7. The normalized spacial score (nSPS) is 24.4. The van der Waals surface area contributed by atoms with Crippen molar-refractivity contribution in [2.45, 2.75) is 70.0 Å². The van der Waals surface area contributed by atoms with Gasteiger partial charge in [0.25, 0.3) is 0 Å². The van der Waals surface area contributed by atoms with Gasteiger partial charge in [-0.05, 0) is 62.1 Å². The number of likely N-dealkylation sites (tertiary alicyclic amines) is 1. The summed E-state index contributed by atoms with van der Waals surface area (Å²) in [5.74, 6) is 0.554. The Hall–Kier alpha value is -1.63. The highest BCUT2D eigenvalue weighted by Crippen LogP contribution is 2.37. The summed E-state index contributed by atoms with van der Waals surface area (Å²) >= 11 is 12.2. The smallest absolute Gasteiger partial charge is 0.227 e. The number of hydrogen-bond acceptors (Lipinski definition) is 4. The van der Waals surface area contributed by atoms with Gasteiger partial charge in [0.15, 0.2) is 0 Å². The first-order valence-corrected chi connectivity index (χ1v) is 15.6. The van der Waals surface area contributed by atoms with E-state index in [0.29, 0.717) is 11.9 Å². The first-order valence-electron chi connectivity index (χ1n) is 14.8. The van der Waals surface area contributed by atoms with Crippen LogP contribution in [0.4, 0.5) is 0 Å². The highest BCUT2D eigenvalue weighted by molar-refractivity contribution is 6.30. The Kier molecular flexibility index (Phi) is 9.56. The molecule has 2 aromatic carbocycles. The molecule has 0 radical (unpaired) electrons. The molecular weight excluding hydrogens is 527 g/mol. The van der Waals surface area contributed by atoms with Crippen LogP contribution in [-0.4, -0.2) is 78.0 Å². The number of hydrogen-bond donors (Lipinski definition) is 1. The van der Waals surface area contributed by atoms with Gasteiger partial charge in [-0.15, -0.1) is 0 Å². The molecule has 1 aliphatic carbocycles. The third-order valence-corrected chi connectivity index (χ3v) is 9.94. The Labute approximate surface area is 244 Å². The van der Waals surface area contributed by atoms with Gasteiger partial charge in [-0.2, -0.15) is 0 Å². The zero-order valence-corrected chi connectivity index (χ0v) is 25.1. The zero-order valence-electron chi connectivity index (χ0n) is 23.5. The van der Waals surface area contributed by atoms with Gasteiger partial charge in [-0.25, -0.2) is 0 Å². The van der Waals surface area contributed by atoms with Crippen molar-refractivity contribution in [1.29, 1.82) is 0 Å². The van der Waals surface area contributed by atoms with Crippen LogP contribution in [0.1, 0.15) is 63.0 Å². The fourth-order valence-electron chi connectivity index (χ4n) is 7.05. The number of rotatable bonds is 8. The third-order valence-electron chi connectivity index (χ3n) is 9.44. The average molecular weight is 572 g/mol. The molecule has 3 fully saturated rings. The summed E-state index contributed by atoms with van der Waals surface area (Å²) in [6.07, 6.45) is 6.38. The summed E-state index contributed by atoms with van der Waals surface area (Å²) in [6.45, 7) is 11.6. The molecule has 7 heteroatoms. The van der Waals surface area contributed by atoms with Gasteiger partial charge in [0, 0.05) is 79.9 Å². The Morgan fingerprint density at radius 1 is 0.897 bits per heavy atom. The molecule has 1 saturated carbocycles. The van der Waals surface area contributed by atoms with Crippen molar-refractivity contribution in [1.82, 2.24) is 20.0 Å². The van der Waals surface area contributed by atoms with E-state index in [-0.39, 0.29) is 17.4 Å². The van der Waals surface area contributed by atoms with E-state index in [1.54, 1.807) is 0 Å². The zero-order chi connectivity index (χ0) is 27.4. The molecular formula is C32H44Cl2N4O. The molecule has 39 heavy (non-hydrogen) atoms. The molecule has 1 amide bonds. The number of piperazine rings is 1. The van der Waals surface area contributed by atoms with Gasteiger partial charge in [-0.3, -0.25) is 14.6 Å². The maximum absolute atomic E-state index is 14.0. The monoisotopic (exact) mass is 570 g/mol. The Morgan fingerprint density at radius 3 is 2.13 bits per heavy atom. The lowest BCUT2D eigenvalue weighted by Gasteiger charge is -2.50. The second-order valence-corrected chi connectivity index (χ2v) is 13.0. The fourth-order valence-corrected chi connectivity index (χ4v) is 7.30. The van der Waals surface area contributed by atoms with Gasteiger partial charge >= 0.3 is 0 Å². The van der Waals surface area contributed by atoms with Crippen LogP contribution in [0.5, 0.6) is 0 Å². The molecule has 1 N–H and O–H groups in total. The van der Waals surface area contributed by atoms with Crippen molar-refractivity contribution in [3.05, 3.63) is 69.7 Å². The summed E-state index contributed by atoms with van der Waals surface area (Å²) in [4.78, 5) is 21.3. The van der Waals surface area contributed by atoms with E-state index < -0.39 is 0 Å². The van der Waals surface area contributed by atoms with E-state index in [1.807, 2.05) is 24.3 Å². The predicted molar refractivity (Wildman–Crippen MR) is 162 cm³/mol. The molecule has 5 nitrogen and oxygen atoms in total. The van der Waals surface area contributed by atoms with E-state index in [1.165, 1.54) is 43.2 Å². The molecule has 0 unspecified atom stereocenters. The summed E-state index contributed by atoms with van der Waals surface area (Å²) in [7, 11) is 0. The number of nitrogens with one attached hydrogen (secondary N) is 1. The lowest BCUT2D eigenvalue weighted by molar-refractivity contribution is -0.138. The molecule has 212 valence electrons. The molecule has 2 saturated heterocycles. The van der Waals surface area contributed by atoms with E-state index in [2.05, 4.69) is 58.1 Å². The molecule has 0 spiro atoms. The van der Waals surface area contributed by atoms with Gasteiger partial charge in [0.2, 0.25) is 5.91 Å². The van der Waals surface area contributed by atoms with E-state index >= 15 is 0 Å². The van der Waals surface area contributed by atoms with Crippen LogP contribution in [0.25, 0.3) is 0 Å². The maximum atomic E-state index is 14.0. The first kappa shape index (κ1) is 28.9. The Morgan fingerprint density at radius 2 is 1.51 bits per heavy atom. The summed E-state index contributed by atoms with van der Waals surface area (Å²) in [5, 5.41) is 5.30. The van der Waals surface area contributed by atoms with Crippen LogP contribution in [-0.2, 0) is 11.3 Å².